The number of aromatic nitrogens is 1. The molecule has 30 heavy (non-hydrogen) atoms. The summed E-state index contributed by atoms with van der Waals surface area (Å²) in [6.07, 6.45) is 4.19. The maximum absolute atomic E-state index is 10.4. The van der Waals surface area contributed by atoms with E-state index in [1.807, 2.05) is 24.4 Å². The van der Waals surface area contributed by atoms with Crippen molar-refractivity contribution < 1.29 is 9.84 Å². The Morgan fingerprint density at radius 2 is 1.77 bits per heavy atom. The van der Waals surface area contributed by atoms with Gasteiger partial charge in [-0.05, 0) is 46.9 Å². The van der Waals surface area contributed by atoms with Gasteiger partial charge in [-0.15, -0.1) is 0 Å². The van der Waals surface area contributed by atoms with Gasteiger partial charge in [0, 0.05) is 45.1 Å². The molecule has 5 nitrogen and oxygen atoms in total. The fourth-order valence-corrected chi connectivity index (χ4v) is 3.81. The first kappa shape index (κ1) is 20.5. The molecule has 0 amide bonds. The molecule has 2 aromatic carbocycles. The van der Waals surface area contributed by atoms with Crippen LogP contribution in [0.2, 0.25) is 0 Å². The Kier molecular flexibility index (Phi) is 7.08. The fraction of sp³-hybridized carbons (Fsp3) is 0.320. The molecular formula is C25H29N3O2. The number of nitrogens with zero attached hydrogens (tertiary/aromatic N) is 2. The number of ether oxygens (including phenoxy) is 1. The molecule has 0 saturated heterocycles. The Morgan fingerprint density at radius 1 is 0.967 bits per heavy atom. The Balaban J connectivity index is 1.18. The summed E-state index contributed by atoms with van der Waals surface area (Å²) in [4.78, 5) is 6.42. The summed E-state index contributed by atoms with van der Waals surface area (Å²) in [5.41, 5.74) is 5.15. The van der Waals surface area contributed by atoms with Gasteiger partial charge in [-0.25, -0.2) is 0 Å². The van der Waals surface area contributed by atoms with E-state index in [0.717, 1.165) is 38.3 Å². The van der Waals surface area contributed by atoms with Gasteiger partial charge in [0.15, 0.2) is 0 Å². The number of fused-ring (bicyclic) bond motifs is 1. The van der Waals surface area contributed by atoms with Crippen LogP contribution in [0.3, 0.4) is 0 Å². The molecule has 0 bridgehead atoms. The number of aliphatic hydroxyl groups excluding tert-OH is 1. The van der Waals surface area contributed by atoms with E-state index in [0.29, 0.717) is 13.2 Å². The van der Waals surface area contributed by atoms with Gasteiger partial charge in [0.1, 0.15) is 18.5 Å². The highest BCUT2D eigenvalue weighted by atomic mass is 16.5. The first-order valence-corrected chi connectivity index (χ1v) is 10.5. The summed E-state index contributed by atoms with van der Waals surface area (Å²) in [6, 6.07) is 20.6. The van der Waals surface area contributed by atoms with E-state index in [4.69, 9.17) is 4.74 Å². The normalized spacial score (nSPS) is 14.8. The summed E-state index contributed by atoms with van der Waals surface area (Å²) >= 11 is 0. The highest BCUT2D eigenvalue weighted by molar-refractivity contribution is 5.29. The second-order valence-electron chi connectivity index (χ2n) is 7.83. The molecule has 5 heteroatoms. The zero-order chi connectivity index (χ0) is 20.6. The van der Waals surface area contributed by atoms with Gasteiger partial charge < -0.3 is 15.2 Å². The molecule has 2 heterocycles. The first-order valence-electron chi connectivity index (χ1n) is 10.5. The van der Waals surface area contributed by atoms with Crippen LogP contribution in [0.25, 0.3) is 0 Å². The third-order valence-corrected chi connectivity index (χ3v) is 5.43. The smallest absolute Gasteiger partial charge is 0.119 e. The van der Waals surface area contributed by atoms with E-state index in [9.17, 15) is 5.11 Å². The lowest BCUT2D eigenvalue weighted by molar-refractivity contribution is 0.0638. The minimum atomic E-state index is -0.504. The number of pyridine rings is 1. The predicted octanol–water partition coefficient (Wildman–Crippen LogP) is 3.17. The van der Waals surface area contributed by atoms with Gasteiger partial charge in [-0.1, -0.05) is 42.5 Å². The monoisotopic (exact) mass is 403 g/mol. The van der Waals surface area contributed by atoms with Crippen LogP contribution in [0, 0.1) is 0 Å². The van der Waals surface area contributed by atoms with Crippen molar-refractivity contribution in [1.29, 1.82) is 0 Å². The van der Waals surface area contributed by atoms with Crippen molar-refractivity contribution in [2.75, 3.05) is 19.7 Å². The standard InChI is InChI=1S/C25H29N3O2/c29-24(18-28-13-11-22-5-1-2-6-23(22)17-28)19-30-25-9-7-20(8-10-25)14-27-16-21-4-3-12-26-15-21/h1-10,12,15,24,27,29H,11,13-14,16-19H2/t24-/m1/s1. The zero-order valence-electron chi connectivity index (χ0n) is 17.2. The van der Waals surface area contributed by atoms with Crippen LogP contribution in [0.1, 0.15) is 22.3 Å². The van der Waals surface area contributed by atoms with Crippen LogP contribution < -0.4 is 10.1 Å². The van der Waals surface area contributed by atoms with Gasteiger partial charge >= 0.3 is 0 Å². The summed E-state index contributed by atoms with van der Waals surface area (Å²) in [6.45, 7) is 4.39. The van der Waals surface area contributed by atoms with Crippen molar-refractivity contribution in [3.8, 4) is 5.75 Å². The Labute approximate surface area is 178 Å². The molecule has 156 valence electrons. The van der Waals surface area contributed by atoms with E-state index in [2.05, 4.69) is 57.7 Å². The molecule has 4 rings (SSSR count). The number of benzene rings is 2. The Morgan fingerprint density at radius 3 is 2.57 bits per heavy atom. The number of rotatable bonds is 9. The molecule has 1 aliphatic rings. The summed E-state index contributed by atoms with van der Waals surface area (Å²) in [7, 11) is 0. The van der Waals surface area contributed by atoms with E-state index >= 15 is 0 Å². The molecule has 0 aliphatic carbocycles. The first-order chi connectivity index (χ1) is 14.8. The zero-order valence-corrected chi connectivity index (χ0v) is 17.2. The molecule has 0 unspecified atom stereocenters. The third-order valence-electron chi connectivity index (χ3n) is 5.43. The van der Waals surface area contributed by atoms with Crippen LogP contribution in [0.5, 0.6) is 5.75 Å². The van der Waals surface area contributed by atoms with Crippen molar-refractivity contribution in [1.82, 2.24) is 15.2 Å². The van der Waals surface area contributed by atoms with E-state index in [-0.39, 0.29) is 0 Å². The Hall–Kier alpha value is -2.73. The quantitative estimate of drug-likeness (QED) is 0.575. The van der Waals surface area contributed by atoms with Gasteiger partial charge in [-0.2, -0.15) is 0 Å². The number of hydrogen-bond acceptors (Lipinski definition) is 5. The van der Waals surface area contributed by atoms with Crippen molar-refractivity contribution in [3.05, 3.63) is 95.3 Å². The van der Waals surface area contributed by atoms with Gasteiger partial charge in [-0.3, -0.25) is 9.88 Å². The molecule has 1 aromatic heterocycles. The van der Waals surface area contributed by atoms with Gasteiger partial charge in [0.05, 0.1) is 0 Å². The molecule has 0 radical (unpaired) electrons. The van der Waals surface area contributed by atoms with Crippen LogP contribution in [0.15, 0.2) is 73.1 Å². The number of aliphatic hydroxyl groups is 1. The lowest BCUT2D eigenvalue weighted by atomic mass is 10.00. The highest BCUT2D eigenvalue weighted by Crippen LogP contribution is 2.19. The summed E-state index contributed by atoms with van der Waals surface area (Å²) in [5.74, 6) is 0.786. The van der Waals surface area contributed by atoms with Crippen LogP contribution in [-0.4, -0.2) is 40.8 Å². The number of β-amino-alcohol motifs (C(OH)–C–C–N with tert-alkyl or cyclic N) is 1. The topological polar surface area (TPSA) is 57.6 Å². The van der Waals surface area contributed by atoms with E-state index in [1.165, 1.54) is 22.3 Å². The maximum Gasteiger partial charge on any atom is 0.119 e. The molecule has 0 saturated carbocycles. The lowest BCUT2D eigenvalue weighted by Crippen LogP contribution is -2.38. The van der Waals surface area contributed by atoms with Crippen molar-refractivity contribution in [3.63, 3.8) is 0 Å². The summed E-state index contributed by atoms with van der Waals surface area (Å²) in [5, 5.41) is 13.8. The number of nitrogens with one attached hydrogen (secondary N) is 1. The molecule has 0 spiro atoms. The predicted molar refractivity (Wildman–Crippen MR) is 118 cm³/mol. The summed E-state index contributed by atoms with van der Waals surface area (Å²) < 4.78 is 5.80. The maximum atomic E-state index is 10.4. The Bertz CT molecular complexity index is 915. The van der Waals surface area contributed by atoms with Gasteiger partial charge in [0.2, 0.25) is 0 Å². The van der Waals surface area contributed by atoms with Crippen molar-refractivity contribution >= 4 is 0 Å². The van der Waals surface area contributed by atoms with Crippen LogP contribution in [-0.2, 0) is 26.1 Å². The molecule has 1 atom stereocenters. The van der Waals surface area contributed by atoms with E-state index in [1.54, 1.807) is 6.20 Å². The minimum Gasteiger partial charge on any atom is -0.491 e. The highest BCUT2D eigenvalue weighted by Gasteiger charge is 2.18. The molecule has 3 aromatic rings. The van der Waals surface area contributed by atoms with Crippen LogP contribution >= 0.6 is 0 Å². The van der Waals surface area contributed by atoms with Crippen molar-refractivity contribution in [2.45, 2.75) is 32.2 Å². The largest absolute Gasteiger partial charge is 0.491 e. The molecule has 1 aliphatic heterocycles. The fourth-order valence-electron chi connectivity index (χ4n) is 3.81. The third kappa shape index (κ3) is 5.89. The molecule has 2 N–H and O–H groups in total. The minimum absolute atomic E-state index is 0.302. The second kappa shape index (κ2) is 10.3. The SMILES string of the molecule is O[C@@H](COc1ccc(CNCc2cccnc2)cc1)CN1CCc2ccccc2C1. The second-order valence-corrected chi connectivity index (χ2v) is 7.83. The van der Waals surface area contributed by atoms with Gasteiger partial charge in [0.25, 0.3) is 0 Å². The number of hydrogen-bond donors (Lipinski definition) is 2. The lowest BCUT2D eigenvalue weighted by Gasteiger charge is -2.30. The van der Waals surface area contributed by atoms with Crippen molar-refractivity contribution in [2.24, 2.45) is 0 Å². The van der Waals surface area contributed by atoms with Crippen LogP contribution in [0.4, 0.5) is 0 Å². The molecular weight excluding hydrogens is 374 g/mol. The molecule has 0 fully saturated rings. The average Bonchev–Trinajstić information content (AvgIpc) is 2.79. The van der Waals surface area contributed by atoms with E-state index < -0.39 is 6.10 Å². The average molecular weight is 404 g/mol.